The number of hydrogen-bond donors (Lipinski definition) is 4. The molecule has 0 aliphatic heterocycles. The Morgan fingerprint density at radius 2 is 1.40 bits per heavy atom. The van der Waals surface area contributed by atoms with E-state index < -0.39 is 33.6 Å². The van der Waals surface area contributed by atoms with Gasteiger partial charge in [-0.15, -0.1) is 0 Å². The third-order valence-electron chi connectivity index (χ3n) is 0.972. The molecule has 0 bridgehead atoms. The van der Waals surface area contributed by atoms with Gasteiger partial charge < -0.3 is 24.3 Å². The second-order valence-electron chi connectivity index (χ2n) is 2.43. The Balaban J connectivity index is 4.72. The van der Waals surface area contributed by atoms with E-state index in [0.29, 0.717) is 0 Å². The summed E-state index contributed by atoms with van der Waals surface area (Å²) in [5.74, 6) is 0. The van der Waals surface area contributed by atoms with Gasteiger partial charge in [0.15, 0.2) is 0 Å². The Morgan fingerprint density at radius 1 is 1.07 bits per heavy atom. The summed E-state index contributed by atoms with van der Waals surface area (Å²) in [6.07, 6.45) is -4.94. The zero-order valence-electron chi connectivity index (χ0n) is 6.83. The first-order chi connectivity index (χ1) is 6.34. The van der Waals surface area contributed by atoms with Gasteiger partial charge in [-0.3, -0.25) is 9.13 Å². The zero-order valence-corrected chi connectivity index (χ0v) is 8.62. The monoisotopic (exact) mass is 274 g/mol. The van der Waals surface area contributed by atoms with E-state index in [2.05, 4.69) is 4.74 Å². The van der Waals surface area contributed by atoms with Crippen molar-refractivity contribution in [3.8, 4) is 0 Å². The lowest BCUT2D eigenvalue weighted by Gasteiger charge is -2.20. The summed E-state index contributed by atoms with van der Waals surface area (Å²) in [5.41, 5.74) is -3.09. The van der Waals surface area contributed by atoms with Crippen LogP contribution in [0.5, 0.6) is 0 Å². The molecule has 0 spiro atoms. The normalized spacial score (nSPS) is 14.7. The van der Waals surface area contributed by atoms with E-state index >= 15 is 0 Å². The van der Waals surface area contributed by atoms with E-state index in [-0.39, 0.29) is 0 Å². The first-order valence-electron chi connectivity index (χ1n) is 3.13. The second kappa shape index (κ2) is 4.50. The quantitative estimate of drug-likeness (QED) is 0.540. The molecule has 0 heterocycles. The third kappa shape index (κ3) is 6.26. The lowest BCUT2D eigenvalue weighted by atomic mass is 10.7. The van der Waals surface area contributed by atoms with Crippen LogP contribution in [0.4, 0.5) is 13.2 Å². The zero-order chi connectivity index (χ0) is 12.5. The summed E-state index contributed by atoms with van der Waals surface area (Å²) >= 11 is 0. The highest BCUT2D eigenvalue weighted by Gasteiger charge is 2.46. The minimum Gasteiger partial charge on any atom is -0.345 e. The van der Waals surface area contributed by atoms with Crippen LogP contribution in [0, 0.1) is 0 Å². The minimum atomic E-state index is -5.47. The number of alkyl halides is 3. The summed E-state index contributed by atoms with van der Waals surface area (Å²) < 4.78 is 59.0. The molecule has 0 aromatic carbocycles. The van der Waals surface area contributed by atoms with Crippen molar-refractivity contribution >= 4 is 15.2 Å². The molecule has 0 fully saturated rings. The molecule has 0 aromatic rings. The van der Waals surface area contributed by atoms with Gasteiger partial charge in [0.1, 0.15) is 6.61 Å². The fourth-order valence-electron chi connectivity index (χ4n) is 0.559. The van der Waals surface area contributed by atoms with Crippen molar-refractivity contribution in [1.29, 1.82) is 0 Å². The van der Waals surface area contributed by atoms with Crippen molar-refractivity contribution in [2.75, 3.05) is 6.61 Å². The third-order valence-corrected chi connectivity index (χ3v) is 4.23. The highest BCUT2D eigenvalue weighted by atomic mass is 31.2. The van der Waals surface area contributed by atoms with E-state index in [1.165, 1.54) is 0 Å². The molecule has 0 saturated carbocycles. The Bertz CT molecular complexity index is 279. The lowest BCUT2D eigenvalue weighted by Crippen LogP contribution is -2.23. The van der Waals surface area contributed by atoms with Crippen molar-refractivity contribution < 1.29 is 46.6 Å². The van der Waals surface area contributed by atoms with Crippen LogP contribution in [0.2, 0.25) is 0 Å². The van der Waals surface area contributed by atoms with Gasteiger partial charge in [0.2, 0.25) is 0 Å². The molecule has 0 aliphatic rings. The van der Waals surface area contributed by atoms with Gasteiger partial charge >= 0.3 is 21.4 Å². The largest absolute Gasteiger partial charge is 0.411 e. The predicted octanol–water partition coefficient (Wildman–Crippen LogP) is 0.204. The van der Waals surface area contributed by atoms with Crippen molar-refractivity contribution in [2.24, 2.45) is 0 Å². The van der Waals surface area contributed by atoms with Crippen molar-refractivity contribution in [3.05, 3.63) is 0 Å². The van der Waals surface area contributed by atoms with Crippen LogP contribution in [-0.2, 0) is 13.9 Å². The maximum Gasteiger partial charge on any atom is 0.411 e. The van der Waals surface area contributed by atoms with Gasteiger partial charge in [-0.05, 0) is 0 Å². The fourth-order valence-corrected chi connectivity index (χ4v) is 2.66. The van der Waals surface area contributed by atoms with Crippen molar-refractivity contribution in [1.82, 2.24) is 0 Å². The van der Waals surface area contributed by atoms with E-state index in [1.807, 2.05) is 0 Å². The molecule has 0 atom stereocenters. The molecule has 7 nitrogen and oxygen atoms in total. The number of hydrogen-bond acceptors (Lipinski definition) is 3. The first-order valence-corrected chi connectivity index (χ1v) is 6.49. The molecule has 0 saturated heterocycles. The Labute approximate surface area is 81.2 Å². The average molecular weight is 274 g/mol. The van der Waals surface area contributed by atoms with E-state index in [1.54, 1.807) is 0 Å². The van der Waals surface area contributed by atoms with Crippen LogP contribution < -0.4 is 0 Å². The molecular formula is C3H7F3O7P2. The van der Waals surface area contributed by atoms with Gasteiger partial charge in [0, 0.05) is 0 Å². The first kappa shape index (κ1) is 15.0. The summed E-state index contributed by atoms with van der Waals surface area (Å²) in [5, 5.41) is 0. The molecule has 92 valence electrons. The highest BCUT2D eigenvalue weighted by molar-refractivity contribution is 7.70. The standard InChI is InChI=1S/C3H7F3O7P2/c4-3(5,6)1-13-2(14(7,8)9)15(10,11)12/h2H,1H2,(H2,7,8,9)(H2,10,11,12). The fraction of sp³-hybridized carbons (Fsp3) is 1.00. The molecule has 0 radical (unpaired) electrons. The summed E-state index contributed by atoms with van der Waals surface area (Å²) in [6, 6.07) is 0. The second-order valence-corrected chi connectivity index (χ2v) is 6.13. The Morgan fingerprint density at radius 3 is 1.60 bits per heavy atom. The Kier molecular flexibility index (Phi) is 4.52. The van der Waals surface area contributed by atoms with Crippen LogP contribution >= 0.6 is 15.2 Å². The van der Waals surface area contributed by atoms with Gasteiger partial charge in [0.05, 0.1) is 0 Å². The summed E-state index contributed by atoms with van der Waals surface area (Å²) in [4.78, 5) is 33.3. The van der Waals surface area contributed by atoms with Gasteiger partial charge in [0.25, 0.3) is 5.59 Å². The smallest absolute Gasteiger partial charge is 0.345 e. The highest BCUT2D eigenvalue weighted by Crippen LogP contribution is 2.60. The Hall–Kier alpha value is 0.0500. The number of ether oxygens (including phenoxy) is 1. The van der Waals surface area contributed by atoms with E-state index in [0.717, 1.165) is 0 Å². The molecule has 15 heavy (non-hydrogen) atoms. The van der Waals surface area contributed by atoms with Crippen LogP contribution in [0.15, 0.2) is 0 Å². The van der Waals surface area contributed by atoms with Crippen molar-refractivity contribution in [3.63, 3.8) is 0 Å². The van der Waals surface area contributed by atoms with Crippen LogP contribution in [-0.4, -0.2) is 37.9 Å². The maximum absolute atomic E-state index is 11.6. The molecule has 0 aromatic heterocycles. The predicted molar refractivity (Wildman–Crippen MR) is 39.9 cm³/mol. The summed E-state index contributed by atoms with van der Waals surface area (Å²) in [6.45, 7) is -2.16. The maximum atomic E-state index is 11.6. The van der Waals surface area contributed by atoms with Gasteiger partial charge in [-0.1, -0.05) is 0 Å². The summed E-state index contributed by atoms with van der Waals surface area (Å²) in [7, 11) is -10.9. The topological polar surface area (TPSA) is 124 Å². The molecule has 0 unspecified atom stereocenters. The molecule has 0 aliphatic carbocycles. The number of halogens is 3. The van der Waals surface area contributed by atoms with Crippen LogP contribution in [0.3, 0.4) is 0 Å². The van der Waals surface area contributed by atoms with Crippen LogP contribution in [0.25, 0.3) is 0 Å². The molecular weight excluding hydrogens is 267 g/mol. The van der Waals surface area contributed by atoms with Crippen LogP contribution in [0.1, 0.15) is 0 Å². The van der Waals surface area contributed by atoms with E-state index in [4.69, 9.17) is 19.6 Å². The van der Waals surface area contributed by atoms with E-state index in [9.17, 15) is 22.3 Å². The SMILES string of the molecule is O=P(O)(O)C(OCC(F)(F)F)P(=O)(O)O. The molecule has 0 rings (SSSR count). The lowest BCUT2D eigenvalue weighted by molar-refractivity contribution is -0.174. The van der Waals surface area contributed by atoms with Gasteiger partial charge in [-0.25, -0.2) is 0 Å². The minimum absolute atomic E-state index is 2.16. The average Bonchev–Trinajstić information content (AvgIpc) is 1.75. The number of rotatable bonds is 4. The molecule has 0 amide bonds. The van der Waals surface area contributed by atoms with Crippen molar-refractivity contribution in [2.45, 2.75) is 11.8 Å². The molecule has 4 N–H and O–H groups in total. The van der Waals surface area contributed by atoms with Gasteiger partial charge in [-0.2, -0.15) is 13.2 Å². The molecule has 12 heteroatoms.